The van der Waals surface area contributed by atoms with E-state index in [1.165, 1.54) is 31.1 Å². The van der Waals surface area contributed by atoms with Crippen molar-refractivity contribution in [2.24, 2.45) is 5.92 Å². The van der Waals surface area contributed by atoms with Gasteiger partial charge in [0.15, 0.2) is 5.72 Å². The van der Waals surface area contributed by atoms with Crippen LogP contribution in [0.3, 0.4) is 0 Å². The van der Waals surface area contributed by atoms with Crippen molar-refractivity contribution in [1.29, 1.82) is 0 Å². The summed E-state index contributed by atoms with van der Waals surface area (Å²) in [6.07, 6.45) is 3.17. The zero-order chi connectivity index (χ0) is 38.5. The lowest BCUT2D eigenvalue weighted by Crippen LogP contribution is -2.63. The summed E-state index contributed by atoms with van der Waals surface area (Å²) in [4.78, 5) is 56.2. The molecule has 0 spiro atoms. The summed E-state index contributed by atoms with van der Waals surface area (Å²) in [5.74, 6) is -0.916. The van der Waals surface area contributed by atoms with Crippen LogP contribution in [0.1, 0.15) is 52.5 Å². The molecule has 3 amide bonds. The number of ether oxygens (including phenoxy) is 5. The van der Waals surface area contributed by atoms with Gasteiger partial charge in [0.2, 0.25) is 11.8 Å². The average molecular weight is 784 g/mol. The zero-order valence-corrected chi connectivity index (χ0v) is 33.5. The molecule has 0 aromatic heterocycles. The molecule has 0 saturated carbocycles. The summed E-state index contributed by atoms with van der Waals surface area (Å²) < 4.78 is 29.2. The second-order valence-corrected chi connectivity index (χ2v) is 16.7. The molecule has 1 unspecified atom stereocenters. The maximum absolute atomic E-state index is 14.1. The molecular formula is C36H50ClN3O10S2. The minimum atomic E-state index is -1.82. The van der Waals surface area contributed by atoms with Crippen LogP contribution < -0.4 is 15.0 Å². The number of epoxide rings is 1. The number of esters is 1. The summed E-state index contributed by atoms with van der Waals surface area (Å²) in [5, 5.41) is 14.5. The number of anilines is 1. The molecule has 3 heterocycles. The maximum atomic E-state index is 14.1. The van der Waals surface area contributed by atoms with Crippen LogP contribution >= 0.6 is 33.2 Å². The first kappa shape index (κ1) is 41.8. The number of alkyl carbamates (subject to hydrolysis) is 1. The normalized spacial score (nSPS) is 31.6. The molecule has 1 aromatic rings. The molecule has 0 radical (unpaired) electrons. The Morgan fingerprint density at radius 3 is 2.63 bits per heavy atom. The van der Waals surface area contributed by atoms with Crippen LogP contribution in [0.4, 0.5) is 10.5 Å². The molecule has 16 heteroatoms. The van der Waals surface area contributed by atoms with Crippen LogP contribution in [-0.4, -0.2) is 116 Å². The number of fused-ring (bicyclic) bond motifs is 5. The van der Waals surface area contributed by atoms with Crippen molar-refractivity contribution in [3.05, 3.63) is 46.5 Å². The van der Waals surface area contributed by atoms with Gasteiger partial charge in [0.1, 0.15) is 40.7 Å². The summed E-state index contributed by atoms with van der Waals surface area (Å²) in [5.41, 5.74) is -0.884. The Labute approximate surface area is 318 Å². The highest BCUT2D eigenvalue weighted by molar-refractivity contribution is 8.76. The van der Waals surface area contributed by atoms with Crippen molar-refractivity contribution in [3.8, 4) is 5.75 Å². The second-order valence-electron chi connectivity index (χ2n) is 13.6. The maximum Gasteiger partial charge on any atom is 0.409 e. The van der Waals surface area contributed by atoms with Crippen molar-refractivity contribution >= 4 is 62.8 Å². The molecule has 2 fully saturated rings. The quantitative estimate of drug-likeness (QED) is 0.151. The van der Waals surface area contributed by atoms with E-state index in [9.17, 15) is 24.3 Å². The molecule has 1 aromatic carbocycles. The Hall–Kier alpha value is -2.95. The third-order valence-corrected chi connectivity index (χ3v) is 12.2. The summed E-state index contributed by atoms with van der Waals surface area (Å²) in [6, 6.07) is 2.63. The van der Waals surface area contributed by atoms with Gasteiger partial charge in [-0.1, -0.05) is 63.9 Å². The monoisotopic (exact) mass is 783 g/mol. The number of methoxy groups -OCH3 is 2. The fourth-order valence-corrected chi connectivity index (χ4v) is 8.09. The number of nitrogens with zero attached hydrogens (tertiary/aromatic N) is 2. The zero-order valence-electron chi connectivity index (χ0n) is 31.1. The van der Waals surface area contributed by atoms with E-state index in [4.69, 9.17) is 35.3 Å². The van der Waals surface area contributed by atoms with Crippen LogP contribution in [0.5, 0.6) is 5.75 Å². The summed E-state index contributed by atoms with van der Waals surface area (Å²) in [7, 11) is 9.14. The molecule has 4 rings (SSSR count). The number of rotatable bonds is 9. The van der Waals surface area contributed by atoms with Crippen molar-refractivity contribution < 1.29 is 48.0 Å². The first-order valence-corrected chi connectivity index (χ1v) is 20.1. The number of amides is 3. The van der Waals surface area contributed by atoms with Crippen LogP contribution in [0.25, 0.3) is 0 Å². The van der Waals surface area contributed by atoms with Gasteiger partial charge in [0, 0.05) is 45.7 Å². The van der Waals surface area contributed by atoms with Gasteiger partial charge in [-0.25, -0.2) is 9.59 Å². The lowest BCUT2D eigenvalue weighted by Gasteiger charge is -2.42. The van der Waals surface area contributed by atoms with E-state index in [1.807, 2.05) is 19.3 Å². The number of aliphatic hydroxyl groups is 1. The minimum absolute atomic E-state index is 0.0452. The number of hydrogen-bond acceptors (Lipinski definition) is 12. The lowest BCUT2D eigenvalue weighted by molar-refractivity contribution is -0.161. The van der Waals surface area contributed by atoms with Crippen molar-refractivity contribution in [2.75, 3.05) is 45.2 Å². The first-order chi connectivity index (χ1) is 24.5. The molecule has 52 heavy (non-hydrogen) atoms. The van der Waals surface area contributed by atoms with Crippen LogP contribution in [0, 0.1) is 5.92 Å². The van der Waals surface area contributed by atoms with E-state index in [2.05, 4.69) is 5.32 Å². The molecule has 8 atom stereocenters. The third-order valence-electron chi connectivity index (χ3n) is 10.0. The topological polar surface area (TPSA) is 156 Å². The number of benzene rings is 1. The summed E-state index contributed by atoms with van der Waals surface area (Å²) >= 11 is 6.75. The molecule has 2 N–H and O–H groups in total. The number of carbonyl (C=O) groups is 4. The molecule has 3 aliphatic rings. The van der Waals surface area contributed by atoms with Gasteiger partial charge in [-0.05, 0) is 51.1 Å². The molecule has 3 aliphatic heterocycles. The molecule has 288 valence electrons. The average Bonchev–Trinajstić information content (AvgIpc) is 3.80. The van der Waals surface area contributed by atoms with Crippen LogP contribution in [-0.2, 0) is 39.8 Å². The van der Waals surface area contributed by atoms with Gasteiger partial charge >= 0.3 is 12.1 Å². The molecule has 0 aliphatic carbocycles. The number of nitrogens with one attached hydrogen (secondary N) is 1. The Kier molecular flexibility index (Phi) is 14.0. The SMILES string of the molecule is COc1cc2cc(c1Cl)N(C)C(=O)C[C@H](OC(=O)[C@H](C)N(C)C(=O)CCSSC)[C@]1(C)OC1[C@H](C)[C@@H]1C[C@@](O)(NC(=O)O1)[C@H](OC)/C=C/C=C(\C)C2. The van der Waals surface area contributed by atoms with Crippen LogP contribution in [0.15, 0.2) is 35.9 Å². The Balaban J connectivity index is 1.74. The van der Waals surface area contributed by atoms with Crippen molar-refractivity contribution in [1.82, 2.24) is 10.2 Å². The van der Waals surface area contributed by atoms with Gasteiger partial charge in [-0.2, -0.15) is 0 Å². The number of allylic oxidation sites excluding steroid dienone is 3. The number of likely N-dealkylation sites (N-methyl/N-ethyl adjacent to an activating group) is 1. The smallest absolute Gasteiger partial charge is 0.409 e. The van der Waals surface area contributed by atoms with E-state index in [0.29, 0.717) is 23.6 Å². The molecule has 2 saturated heterocycles. The standard InChI is InChI=1S/C36H50ClN3O10S2/c1-20-11-10-12-27(47-8)36(45)19-26(48-34(44)38-36)21(2)32-35(4,50-32)28(49-33(43)22(3)39(5)29(41)13-14-52-51-9)18-30(42)40(6)24-16-23(15-20)17-25(46-7)31(24)37/h10-12,16-17,21-22,26-28,32,45H,13-15,18-19H2,1-9H3,(H,38,44)/b12-10+,20-11+/t21-,22+,26+,27-,28+,32?,35+,36+/m1/s1. The van der Waals surface area contributed by atoms with E-state index in [-0.39, 0.29) is 30.2 Å². The number of halogens is 1. The van der Waals surface area contributed by atoms with Gasteiger partial charge in [-0.3, -0.25) is 14.9 Å². The highest BCUT2D eigenvalue weighted by Crippen LogP contribution is 2.49. The predicted octanol–water partition coefficient (Wildman–Crippen LogP) is 4.92. The minimum Gasteiger partial charge on any atom is -0.495 e. The predicted molar refractivity (Wildman–Crippen MR) is 202 cm³/mol. The van der Waals surface area contributed by atoms with Gasteiger partial charge < -0.3 is 38.6 Å². The van der Waals surface area contributed by atoms with E-state index in [1.54, 1.807) is 73.7 Å². The highest BCUT2D eigenvalue weighted by Gasteiger charge is 2.64. The fraction of sp³-hybridized carbons (Fsp3) is 0.611. The van der Waals surface area contributed by atoms with E-state index < -0.39 is 65.7 Å². The Morgan fingerprint density at radius 2 is 1.98 bits per heavy atom. The highest BCUT2D eigenvalue weighted by atomic mass is 35.5. The summed E-state index contributed by atoms with van der Waals surface area (Å²) in [6.45, 7) is 7.02. The van der Waals surface area contributed by atoms with Crippen LogP contribution in [0.2, 0.25) is 5.02 Å². The largest absolute Gasteiger partial charge is 0.495 e. The van der Waals surface area contributed by atoms with Gasteiger partial charge in [0.25, 0.3) is 0 Å². The van der Waals surface area contributed by atoms with Crippen molar-refractivity contribution in [2.45, 2.75) is 95.2 Å². The van der Waals surface area contributed by atoms with E-state index >= 15 is 0 Å². The number of carbonyl (C=O) groups excluding carboxylic acids is 4. The molecule has 13 nitrogen and oxygen atoms in total. The Bertz CT molecular complexity index is 1580. The van der Waals surface area contributed by atoms with Gasteiger partial charge in [-0.15, -0.1) is 0 Å². The first-order valence-electron chi connectivity index (χ1n) is 17.0. The fourth-order valence-electron chi connectivity index (χ4n) is 6.61. The molecular weight excluding hydrogens is 734 g/mol. The van der Waals surface area contributed by atoms with Crippen molar-refractivity contribution in [3.63, 3.8) is 0 Å². The molecule has 4 bridgehead atoms. The lowest BCUT2D eigenvalue weighted by atomic mass is 9.83. The number of hydrogen-bond donors (Lipinski definition) is 2. The van der Waals surface area contributed by atoms with Gasteiger partial charge in [0.05, 0.1) is 25.3 Å². The van der Waals surface area contributed by atoms with E-state index in [0.717, 1.165) is 11.1 Å². The second kappa shape index (κ2) is 17.5. The third kappa shape index (κ3) is 9.40. The Morgan fingerprint density at radius 1 is 1.27 bits per heavy atom.